The van der Waals surface area contributed by atoms with Gasteiger partial charge in [-0.2, -0.15) is 26.3 Å². The summed E-state index contributed by atoms with van der Waals surface area (Å²) < 4.78 is 74.3. The van der Waals surface area contributed by atoms with Gasteiger partial charge in [0.15, 0.2) is 0 Å². The molecule has 2 nitrogen and oxygen atoms in total. The summed E-state index contributed by atoms with van der Waals surface area (Å²) in [5, 5.41) is 0. The van der Waals surface area contributed by atoms with E-state index in [1.54, 1.807) is 0 Å². The van der Waals surface area contributed by atoms with Gasteiger partial charge in [-0.3, -0.25) is 0 Å². The van der Waals surface area contributed by atoms with Crippen LogP contribution in [0.2, 0.25) is 0 Å². The summed E-state index contributed by atoms with van der Waals surface area (Å²) in [5.41, 5.74) is 4.97. The Morgan fingerprint density at radius 1 is 1.07 bits per heavy atom. The van der Waals surface area contributed by atoms with Crippen LogP contribution in [0.15, 0.2) is 0 Å². The SMILES string of the molecule is CC(N)COC(C(F)(F)F)C(F)(F)F. The molecule has 0 heterocycles. The lowest BCUT2D eigenvalue weighted by molar-refractivity contribution is -0.322. The molecule has 0 amide bonds. The van der Waals surface area contributed by atoms with Gasteiger partial charge >= 0.3 is 12.4 Å². The van der Waals surface area contributed by atoms with Gasteiger partial charge in [-0.15, -0.1) is 0 Å². The van der Waals surface area contributed by atoms with Crippen LogP contribution < -0.4 is 5.73 Å². The molecule has 86 valence electrons. The largest absolute Gasteiger partial charge is 0.423 e. The molecule has 0 saturated heterocycles. The molecule has 2 N–H and O–H groups in total. The summed E-state index contributed by atoms with van der Waals surface area (Å²) >= 11 is 0. The predicted molar refractivity (Wildman–Crippen MR) is 35.5 cm³/mol. The standard InChI is InChI=1S/C6H9F6NO/c1-3(13)2-14-4(5(7,8)9)6(10,11)12/h3-4H,2,13H2,1H3. The zero-order valence-corrected chi connectivity index (χ0v) is 7.12. The average Bonchev–Trinajstić information content (AvgIpc) is 1.78. The van der Waals surface area contributed by atoms with Crippen LogP contribution in [0.1, 0.15) is 6.92 Å². The summed E-state index contributed by atoms with van der Waals surface area (Å²) in [6, 6.07) is -0.887. The van der Waals surface area contributed by atoms with E-state index < -0.39 is 31.1 Å². The minimum Gasteiger partial charge on any atom is -0.359 e. The number of ether oxygens (including phenoxy) is 1. The van der Waals surface area contributed by atoms with E-state index >= 15 is 0 Å². The first-order valence-electron chi connectivity index (χ1n) is 3.55. The van der Waals surface area contributed by atoms with Crippen molar-refractivity contribution in [2.24, 2.45) is 5.73 Å². The molecular formula is C6H9F6NO. The molecule has 0 spiro atoms. The number of hydrogen-bond donors (Lipinski definition) is 1. The van der Waals surface area contributed by atoms with Gasteiger partial charge in [-0.1, -0.05) is 0 Å². The molecule has 1 atom stereocenters. The molecule has 0 radical (unpaired) electrons. The average molecular weight is 225 g/mol. The summed E-state index contributed by atoms with van der Waals surface area (Å²) in [4.78, 5) is 0. The fraction of sp³-hybridized carbons (Fsp3) is 1.00. The maximum Gasteiger partial charge on any atom is 0.423 e. The zero-order chi connectivity index (χ0) is 11.6. The van der Waals surface area contributed by atoms with Crippen LogP contribution in [0.3, 0.4) is 0 Å². The third-order valence-corrected chi connectivity index (χ3v) is 1.12. The maximum absolute atomic E-state index is 11.8. The molecule has 0 aliphatic heterocycles. The molecular weight excluding hydrogens is 216 g/mol. The van der Waals surface area contributed by atoms with Gasteiger partial charge in [0.05, 0.1) is 6.61 Å². The van der Waals surface area contributed by atoms with Crippen molar-refractivity contribution in [3.8, 4) is 0 Å². The fourth-order valence-corrected chi connectivity index (χ4v) is 0.623. The van der Waals surface area contributed by atoms with E-state index in [9.17, 15) is 26.3 Å². The summed E-state index contributed by atoms with van der Waals surface area (Å²) in [5.74, 6) is 0. The monoisotopic (exact) mass is 225 g/mol. The van der Waals surface area contributed by atoms with Crippen molar-refractivity contribution in [2.75, 3.05) is 6.61 Å². The first-order chi connectivity index (χ1) is 6.05. The Bertz CT molecular complexity index is 160. The van der Waals surface area contributed by atoms with Crippen LogP contribution in [0.25, 0.3) is 0 Å². The quantitative estimate of drug-likeness (QED) is 0.744. The van der Waals surface area contributed by atoms with Gasteiger partial charge in [0.25, 0.3) is 0 Å². The first kappa shape index (κ1) is 13.5. The van der Waals surface area contributed by atoms with Gasteiger partial charge in [-0.05, 0) is 6.92 Å². The molecule has 0 aliphatic carbocycles. The number of rotatable bonds is 3. The minimum atomic E-state index is -5.47. The molecule has 0 fully saturated rings. The van der Waals surface area contributed by atoms with Crippen molar-refractivity contribution in [3.63, 3.8) is 0 Å². The van der Waals surface area contributed by atoms with Gasteiger partial charge in [0.2, 0.25) is 6.10 Å². The highest BCUT2D eigenvalue weighted by Crippen LogP contribution is 2.35. The van der Waals surface area contributed by atoms with Crippen molar-refractivity contribution in [1.29, 1.82) is 0 Å². The Balaban J connectivity index is 4.44. The zero-order valence-electron chi connectivity index (χ0n) is 7.12. The highest BCUT2D eigenvalue weighted by molar-refractivity contribution is 4.76. The van der Waals surface area contributed by atoms with Gasteiger partial charge in [0.1, 0.15) is 0 Å². The van der Waals surface area contributed by atoms with Crippen molar-refractivity contribution in [3.05, 3.63) is 0 Å². The maximum atomic E-state index is 11.8. The third kappa shape index (κ3) is 4.66. The Hall–Kier alpha value is -0.500. The molecule has 0 aromatic carbocycles. The van der Waals surface area contributed by atoms with E-state index in [2.05, 4.69) is 4.74 Å². The Morgan fingerprint density at radius 2 is 1.43 bits per heavy atom. The lowest BCUT2D eigenvalue weighted by Gasteiger charge is -2.23. The van der Waals surface area contributed by atoms with E-state index in [4.69, 9.17) is 5.73 Å². The molecule has 0 rings (SSSR count). The van der Waals surface area contributed by atoms with Crippen molar-refractivity contribution in [1.82, 2.24) is 0 Å². The fourth-order valence-electron chi connectivity index (χ4n) is 0.623. The van der Waals surface area contributed by atoms with Crippen LogP contribution >= 0.6 is 0 Å². The highest BCUT2D eigenvalue weighted by atomic mass is 19.4. The minimum absolute atomic E-state index is 0.802. The number of alkyl halides is 6. The Labute approximate surface area is 76.0 Å². The lowest BCUT2D eigenvalue weighted by Crippen LogP contribution is -2.46. The second-order valence-electron chi connectivity index (χ2n) is 2.77. The third-order valence-electron chi connectivity index (χ3n) is 1.12. The van der Waals surface area contributed by atoms with Gasteiger partial charge in [0, 0.05) is 6.04 Å². The summed E-state index contributed by atoms with van der Waals surface area (Å²) in [6.45, 7) is 0.438. The van der Waals surface area contributed by atoms with Crippen LogP contribution in [0.5, 0.6) is 0 Å². The van der Waals surface area contributed by atoms with E-state index in [0.717, 1.165) is 0 Å². The molecule has 0 aromatic heterocycles. The Kier molecular flexibility index (Phi) is 4.19. The van der Waals surface area contributed by atoms with Crippen molar-refractivity contribution in [2.45, 2.75) is 31.4 Å². The molecule has 14 heavy (non-hydrogen) atoms. The van der Waals surface area contributed by atoms with Crippen LogP contribution in [0, 0.1) is 0 Å². The van der Waals surface area contributed by atoms with E-state index in [0.29, 0.717) is 0 Å². The van der Waals surface area contributed by atoms with E-state index in [-0.39, 0.29) is 0 Å². The van der Waals surface area contributed by atoms with E-state index in [1.807, 2.05) is 0 Å². The van der Waals surface area contributed by atoms with Crippen LogP contribution in [-0.4, -0.2) is 31.1 Å². The van der Waals surface area contributed by atoms with Gasteiger partial charge in [-0.25, -0.2) is 0 Å². The first-order valence-corrected chi connectivity index (χ1v) is 3.55. The molecule has 1 unspecified atom stereocenters. The molecule has 0 aromatic rings. The smallest absolute Gasteiger partial charge is 0.359 e. The molecule has 8 heteroatoms. The number of nitrogens with two attached hydrogens (primary N) is 1. The highest BCUT2D eigenvalue weighted by Gasteiger charge is 2.57. The second-order valence-corrected chi connectivity index (χ2v) is 2.77. The summed E-state index contributed by atoms with van der Waals surface area (Å²) in [6.07, 6.45) is -14.7. The van der Waals surface area contributed by atoms with Crippen molar-refractivity contribution < 1.29 is 31.1 Å². The topological polar surface area (TPSA) is 35.2 Å². The molecule has 0 aliphatic rings. The number of hydrogen-bond acceptors (Lipinski definition) is 2. The van der Waals surface area contributed by atoms with Crippen LogP contribution in [0.4, 0.5) is 26.3 Å². The van der Waals surface area contributed by atoms with Crippen molar-refractivity contribution >= 4 is 0 Å². The number of halogens is 6. The molecule has 0 saturated carbocycles. The second kappa shape index (κ2) is 4.35. The Morgan fingerprint density at radius 3 is 1.64 bits per heavy atom. The molecule has 0 bridgehead atoms. The lowest BCUT2D eigenvalue weighted by atomic mass is 10.3. The van der Waals surface area contributed by atoms with E-state index in [1.165, 1.54) is 6.92 Å². The van der Waals surface area contributed by atoms with Crippen LogP contribution in [-0.2, 0) is 4.74 Å². The van der Waals surface area contributed by atoms with Gasteiger partial charge < -0.3 is 10.5 Å². The predicted octanol–water partition coefficient (Wildman–Crippen LogP) is 1.84. The normalized spacial score (nSPS) is 16.1. The summed E-state index contributed by atoms with van der Waals surface area (Å²) in [7, 11) is 0.